The van der Waals surface area contributed by atoms with Gasteiger partial charge in [-0.25, -0.2) is 9.97 Å². The van der Waals surface area contributed by atoms with Gasteiger partial charge in [-0.3, -0.25) is 19.0 Å². The SMILES string of the molecule is COc1ccc(Cn2c(=O)c(C(=O)N3CCN(C(=O)c4ccc(C)cc4)CC3)nc3cccnc32)cc1. The number of hydrogen-bond acceptors (Lipinski definition) is 6. The van der Waals surface area contributed by atoms with Crippen LogP contribution in [0.3, 0.4) is 0 Å². The van der Waals surface area contributed by atoms with Gasteiger partial charge in [0.1, 0.15) is 11.3 Å². The van der Waals surface area contributed by atoms with Gasteiger partial charge in [0.05, 0.1) is 13.7 Å². The van der Waals surface area contributed by atoms with E-state index in [1.807, 2.05) is 55.5 Å². The molecule has 37 heavy (non-hydrogen) atoms. The maximum atomic E-state index is 13.5. The molecule has 188 valence electrons. The maximum Gasteiger partial charge on any atom is 0.284 e. The first-order valence-electron chi connectivity index (χ1n) is 12.1. The minimum absolute atomic E-state index is 0.0659. The lowest BCUT2D eigenvalue weighted by Crippen LogP contribution is -2.51. The first-order valence-corrected chi connectivity index (χ1v) is 12.1. The summed E-state index contributed by atoms with van der Waals surface area (Å²) in [4.78, 5) is 51.9. The number of carbonyl (C=O) groups excluding carboxylic acids is 2. The lowest BCUT2D eigenvalue weighted by Gasteiger charge is -2.34. The summed E-state index contributed by atoms with van der Waals surface area (Å²) in [7, 11) is 1.59. The molecule has 0 N–H and O–H groups in total. The Morgan fingerprint density at radius 2 is 1.54 bits per heavy atom. The van der Waals surface area contributed by atoms with Crippen molar-refractivity contribution in [3.05, 3.63) is 99.6 Å². The number of piperazine rings is 1. The van der Waals surface area contributed by atoms with Crippen molar-refractivity contribution in [2.45, 2.75) is 13.5 Å². The molecule has 3 heterocycles. The molecule has 4 aromatic rings. The summed E-state index contributed by atoms with van der Waals surface area (Å²) < 4.78 is 6.70. The van der Waals surface area contributed by atoms with E-state index in [0.717, 1.165) is 11.1 Å². The van der Waals surface area contributed by atoms with Gasteiger partial charge in [-0.05, 0) is 48.9 Å². The number of pyridine rings is 1. The zero-order chi connectivity index (χ0) is 25.9. The molecular weight excluding hydrogens is 470 g/mol. The van der Waals surface area contributed by atoms with Crippen LogP contribution in [0.1, 0.15) is 32.0 Å². The van der Waals surface area contributed by atoms with E-state index in [1.54, 1.807) is 35.2 Å². The van der Waals surface area contributed by atoms with Crippen molar-refractivity contribution in [2.24, 2.45) is 0 Å². The Bertz CT molecular complexity index is 1500. The molecule has 1 aliphatic heterocycles. The van der Waals surface area contributed by atoms with Crippen molar-refractivity contribution in [1.82, 2.24) is 24.3 Å². The fraction of sp³-hybridized carbons (Fsp3) is 0.250. The highest BCUT2D eigenvalue weighted by Gasteiger charge is 2.28. The number of aromatic nitrogens is 3. The molecule has 0 aliphatic carbocycles. The van der Waals surface area contributed by atoms with Crippen LogP contribution in [-0.2, 0) is 6.54 Å². The van der Waals surface area contributed by atoms with Gasteiger partial charge in [0.15, 0.2) is 11.3 Å². The average molecular weight is 498 g/mol. The number of nitrogens with zero attached hydrogens (tertiary/aromatic N) is 5. The molecule has 0 unspecified atom stereocenters. The minimum atomic E-state index is -0.495. The largest absolute Gasteiger partial charge is 0.497 e. The number of amides is 2. The van der Waals surface area contributed by atoms with Gasteiger partial charge in [-0.1, -0.05) is 29.8 Å². The molecule has 0 bridgehead atoms. The second-order valence-corrected chi connectivity index (χ2v) is 9.00. The van der Waals surface area contributed by atoms with Crippen molar-refractivity contribution in [1.29, 1.82) is 0 Å². The number of carbonyl (C=O) groups is 2. The van der Waals surface area contributed by atoms with Crippen LogP contribution < -0.4 is 10.3 Å². The summed E-state index contributed by atoms with van der Waals surface area (Å²) in [5, 5.41) is 0. The van der Waals surface area contributed by atoms with E-state index in [1.165, 1.54) is 4.57 Å². The second kappa shape index (κ2) is 10.2. The van der Waals surface area contributed by atoms with Crippen LogP contribution in [-0.4, -0.2) is 69.4 Å². The first-order chi connectivity index (χ1) is 17.9. The quantitative estimate of drug-likeness (QED) is 0.421. The van der Waals surface area contributed by atoms with Gasteiger partial charge in [-0.15, -0.1) is 0 Å². The van der Waals surface area contributed by atoms with Crippen molar-refractivity contribution in [2.75, 3.05) is 33.3 Å². The van der Waals surface area contributed by atoms with Crippen LogP contribution in [0.2, 0.25) is 0 Å². The molecule has 0 spiro atoms. The molecular formula is C28H27N5O4. The summed E-state index contributed by atoms with van der Waals surface area (Å²) in [6, 6.07) is 18.3. The molecule has 2 aromatic carbocycles. The molecule has 1 aliphatic rings. The summed E-state index contributed by atoms with van der Waals surface area (Å²) in [5.74, 6) is 0.204. The van der Waals surface area contributed by atoms with Gasteiger partial charge < -0.3 is 14.5 Å². The maximum absolute atomic E-state index is 13.5. The van der Waals surface area contributed by atoms with Crippen molar-refractivity contribution in [3.8, 4) is 5.75 Å². The van der Waals surface area contributed by atoms with Crippen LogP contribution in [0.5, 0.6) is 5.75 Å². The number of benzene rings is 2. The third-order valence-corrected chi connectivity index (χ3v) is 6.56. The summed E-state index contributed by atoms with van der Waals surface area (Å²) in [6.45, 7) is 3.61. The van der Waals surface area contributed by atoms with Crippen LogP contribution in [0.25, 0.3) is 11.2 Å². The van der Waals surface area contributed by atoms with E-state index >= 15 is 0 Å². The third-order valence-electron chi connectivity index (χ3n) is 6.56. The molecule has 0 saturated carbocycles. The Morgan fingerprint density at radius 3 is 2.19 bits per heavy atom. The smallest absolute Gasteiger partial charge is 0.284 e. The number of methoxy groups -OCH3 is 1. The van der Waals surface area contributed by atoms with E-state index in [4.69, 9.17) is 4.74 Å². The van der Waals surface area contributed by atoms with Crippen molar-refractivity contribution >= 4 is 23.0 Å². The van der Waals surface area contributed by atoms with Gasteiger partial charge in [-0.2, -0.15) is 0 Å². The number of rotatable bonds is 5. The highest BCUT2D eigenvalue weighted by molar-refractivity contribution is 5.95. The molecule has 0 radical (unpaired) electrons. The summed E-state index contributed by atoms with van der Waals surface area (Å²) >= 11 is 0. The van der Waals surface area contributed by atoms with Crippen LogP contribution in [0, 0.1) is 6.92 Å². The third kappa shape index (κ3) is 4.93. The lowest BCUT2D eigenvalue weighted by molar-refractivity contribution is 0.0531. The zero-order valence-electron chi connectivity index (χ0n) is 20.8. The molecule has 2 aromatic heterocycles. The van der Waals surface area contributed by atoms with Gasteiger partial charge >= 0.3 is 0 Å². The Morgan fingerprint density at radius 1 is 0.892 bits per heavy atom. The van der Waals surface area contributed by atoms with Gasteiger partial charge in [0.2, 0.25) is 0 Å². The predicted octanol–water partition coefficient (Wildman–Crippen LogP) is 2.76. The monoisotopic (exact) mass is 497 g/mol. The first kappa shape index (κ1) is 24.2. The minimum Gasteiger partial charge on any atom is -0.497 e. The average Bonchev–Trinajstić information content (AvgIpc) is 2.94. The Balaban J connectivity index is 1.38. The highest BCUT2D eigenvalue weighted by atomic mass is 16.5. The van der Waals surface area contributed by atoms with Gasteiger partial charge in [0, 0.05) is 37.9 Å². The predicted molar refractivity (Wildman–Crippen MR) is 139 cm³/mol. The fourth-order valence-corrected chi connectivity index (χ4v) is 4.42. The van der Waals surface area contributed by atoms with Crippen LogP contribution in [0.15, 0.2) is 71.7 Å². The van der Waals surface area contributed by atoms with E-state index in [-0.39, 0.29) is 18.1 Å². The topological polar surface area (TPSA) is 97.6 Å². The lowest BCUT2D eigenvalue weighted by atomic mass is 10.1. The molecule has 0 atom stereocenters. The normalized spacial score (nSPS) is 13.6. The Kier molecular flexibility index (Phi) is 6.68. The fourth-order valence-electron chi connectivity index (χ4n) is 4.42. The van der Waals surface area contributed by atoms with Crippen molar-refractivity contribution < 1.29 is 14.3 Å². The second-order valence-electron chi connectivity index (χ2n) is 9.00. The van der Waals surface area contributed by atoms with Crippen LogP contribution >= 0.6 is 0 Å². The molecule has 9 heteroatoms. The van der Waals surface area contributed by atoms with Crippen molar-refractivity contribution in [3.63, 3.8) is 0 Å². The Hall–Kier alpha value is -4.53. The number of ether oxygens (including phenoxy) is 1. The molecule has 5 rings (SSSR count). The molecule has 1 fully saturated rings. The number of aryl methyl sites for hydroxylation is 1. The molecule has 1 saturated heterocycles. The Labute approximate surface area is 213 Å². The van der Waals surface area contributed by atoms with Crippen LogP contribution in [0.4, 0.5) is 0 Å². The van der Waals surface area contributed by atoms with E-state index in [0.29, 0.717) is 48.7 Å². The van der Waals surface area contributed by atoms with E-state index < -0.39 is 11.5 Å². The molecule has 9 nitrogen and oxygen atoms in total. The summed E-state index contributed by atoms with van der Waals surface area (Å²) in [5.41, 5.74) is 2.80. The van der Waals surface area contributed by atoms with E-state index in [2.05, 4.69) is 9.97 Å². The number of hydrogen-bond donors (Lipinski definition) is 0. The van der Waals surface area contributed by atoms with Gasteiger partial charge in [0.25, 0.3) is 17.4 Å². The number of fused-ring (bicyclic) bond motifs is 1. The van der Waals surface area contributed by atoms with E-state index in [9.17, 15) is 14.4 Å². The molecule has 2 amide bonds. The summed E-state index contributed by atoms with van der Waals surface area (Å²) in [6.07, 6.45) is 1.60. The standard InChI is InChI=1S/C28H27N5O4/c1-19-5-9-21(10-6-19)26(34)31-14-16-32(17-15-31)27(35)24-28(36)33(25-23(30-24)4-3-13-29-25)18-20-7-11-22(37-2)12-8-20/h3-13H,14-18H2,1-2H3. The highest BCUT2D eigenvalue weighted by Crippen LogP contribution is 2.16. The zero-order valence-corrected chi connectivity index (χ0v) is 20.8.